The number of carbonyl (C=O) groups is 1. The molecule has 0 fully saturated rings. The molecule has 0 radical (unpaired) electrons. The molecule has 0 atom stereocenters. The van der Waals surface area contributed by atoms with Crippen LogP contribution < -0.4 is 10.1 Å². The summed E-state index contributed by atoms with van der Waals surface area (Å²) in [5, 5.41) is 2.93. The van der Waals surface area contributed by atoms with E-state index in [1.54, 1.807) is 41.9 Å². The lowest BCUT2D eigenvalue weighted by atomic mass is 10.2. The lowest BCUT2D eigenvalue weighted by molar-refractivity contribution is 0.0956. The van der Waals surface area contributed by atoms with Crippen molar-refractivity contribution in [3.8, 4) is 5.75 Å². The van der Waals surface area contributed by atoms with Gasteiger partial charge in [0.25, 0.3) is 5.91 Å². The standard InChI is InChI=1S/C22H23NO3S2/c24-22(23-12-15-27-17-20-5-4-13-25-20)18-8-10-19(11-9-18)26-14-16-28-21-6-2-1-3-7-21/h1-11,13H,12,14-17H2,(H,23,24). The third kappa shape index (κ3) is 7.02. The fourth-order valence-corrected chi connectivity index (χ4v) is 3.95. The highest BCUT2D eigenvalue weighted by Crippen LogP contribution is 2.18. The van der Waals surface area contributed by atoms with Gasteiger partial charge in [0.1, 0.15) is 11.5 Å². The molecule has 1 N–H and O–H groups in total. The van der Waals surface area contributed by atoms with Gasteiger partial charge in [-0.1, -0.05) is 18.2 Å². The van der Waals surface area contributed by atoms with E-state index in [0.29, 0.717) is 18.7 Å². The Kier molecular flexibility index (Phi) is 8.40. The number of carbonyl (C=O) groups excluding carboxylic acids is 1. The Labute approximate surface area is 174 Å². The van der Waals surface area contributed by atoms with Crippen LogP contribution in [0.4, 0.5) is 0 Å². The maximum absolute atomic E-state index is 12.2. The fraction of sp³-hybridized carbons (Fsp3) is 0.227. The van der Waals surface area contributed by atoms with Crippen molar-refractivity contribution in [1.82, 2.24) is 5.32 Å². The predicted molar refractivity (Wildman–Crippen MR) is 116 cm³/mol. The summed E-state index contributed by atoms with van der Waals surface area (Å²) >= 11 is 3.49. The predicted octanol–water partition coefficient (Wildman–Crippen LogP) is 5.11. The number of hydrogen-bond donors (Lipinski definition) is 1. The largest absolute Gasteiger partial charge is 0.493 e. The normalized spacial score (nSPS) is 10.6. The second-order valence-corrected chi connectivity index (χ2v) is 8.20. The van der Waals surface area contributed by atoms with Crippen LogP contribution in [0.3, 0.4) is 0 Å². The molecule has 2 aromatic carbocycles. The minimum atomic E-state index is -0.0650. The van der Waals surface area contributed by atoms with E-state index in [9.17, 15) is 4.79 Å². The van der Waals surface area contributed by atoms with Crippen molar-refractivity contribution in [2.75, 3.05) is 24.7 Å². The SMILES string of the molecule is O=C(NCCSCc1ccco1)c1ccc(OCCSc2ccccc2)cc1. The third-order valence-electron chi connectivity index (χ3n) is 3.84. The topological polar surface area (TPSA) is 51.5 Å². The van der Waals surface area contributed by atoms with Gasteiger partial charge in [-0.05, 0) is 48.5 Å². The van der Waals surface area contributed by atoms with Gasteiger partial charge >= 0.3 is 0 Å². The van der Waals surface area contributed by atoms with E-state index < -0.39 is 0 Å². The van der Waals surface area contributed by atoms with Gasteiger partial charge in [0.15, 0.2) is 0 Å². The molecule has 146 valence electrons. The van der Waals surface area contributed by atoms with E-state index in [1.165, 1.54) is 4.90 Å². The molecule has 0 saturated heterocycles. The van der Waals surface area contributed by atoms with Crippen LogP contribution in [0.1, 0.15) is 16.1 Å². The molecule has 0 aliphatic heterocycles. The van der Waals surface area contributed by atoms with Crippen LogP contribution in [-0.2, 0) is 5.75 Å². The number of ether oxygens (including phenoxy) is 1. The van der Waals surface area contributed by atoms with Crippen molar-refractivity contribution in [3.63, 3.8) is 0 Å². The molecule has 3 rings (SSSR count). The lowest BCUT2D eigenvalue weighted by Gasteiger charge is -2.08. The highest BCUT2D eigenvalue weighted by atomic mass is 32.2. The summed E-state index contributed by atoms with van der Waals surface area (Å²) in [6, 6.07) is 21.4. The molecule has 0 unspecified atom stereocenters. The molecule has 0 aliphatic rings. The first-order valence-electron chi connectivity index (χ1n) is 9.10. The Morgan fingerprint density at radius 3 is 2.54 bits per heavy atom. The van der Waals surface area contributed by atoms with Crippen LogP contribution in [0.2, 0.25) is 0 Å². The average molecular weight is 414 g/mol. The van der Waals surface area contributed by atoms with Gasteiger partial charge in [-0.2, -0.15) is 11.8 Å². The summed E-state index contributed by atoms with van der Waals surface area (Å²) in [5.41, 5.74) is 0.641. The lowest BCUT2D eigenvalue weighted by Crippen LogP contribution is -2.25. The highest BCUT2D eigenvalue weighted by Gasteiger charge is 2.05. The maximum atomic E-state index is 12.2. The van der Waals surface area contributed by atoms with Crippen LogP contribution >= 0.6 is 23.5 Å². The number of benzene rings is 2. The van der Waals surface area contributed by atoms with Crippen molar-refractivity contribution < 1.29 is 13.9 Å². The van der Waals surface area contributed by atoms with E-state index in [2.05, 4.69) is 17.4 Å². The van der Waals surface area contributed by atoms with Crippen molar-refractivity contribution >= 4 is 29.4 Å². The first-order valence-corrected chi connectivity index (χ1v) is 11.2. The number of thioether (sulfide) groups is 2. The molecule has 1 heterocycles. The Bertz CT molecular complexity index is 821. The molecule has 0 spiro atoms. The number of rotatable bonds is 11. The molecular weight excluding hydrogens is 390 g/mol. The van der Waals surface area contributed by atoms with Crippen molar-refractivity contribution in [1.29, 1.82) is 0 Å². The Morgan fingerprint density at radius 2 is 1.79 bits per heavy atom. The zero-order chi connectivity index (χ0) is 19.4. The van der Waals surface area contributed by atoms with Crippen LogP contribution in [0, 0.1) is 0 Å². The van der Waals surface area contributed by atoms with E-state index in [4.69, 9.17) is 9.15 Å². The average Bonchev–Trinajstić information content (AvgIpc) is 3.25. The molecule has 28 heavy (non-hydrogen) atoms. The van der Waals surface area contributed by atoms with Gasteiger partial charge in [0.2, 0.25) is 0 Å². The Hall–Kier alpha value is -2.31. The second kappa shape index (κ2) is 11.5. The maximum Gasteiger partial charge on any atom is 0.251 e. The first kappa shape index (κ1) is 20.4. The van der Waals surface area contributed by atoms with E-state index >= 15 is 0 Å². The molecule has 0 bridgehead atoms. The highest BCUT2D eigenvalue weighted by molar-refractivity contribution is 7.99. The van der Waals surface area contributed by atoms with Crippen molar-refractivity contribution in [2.45, 2.75) is 10.6 Å². The van der Waals surface area contributed by atoms with Crippen LogP contribution in [0.25, 0.3) is 0 Å². The zero-order valence-corrected chi connectivity index (χ0v) is 17.1. The van der Waals surface area contributed by atoms with Crippen molar-refractivity contribution in [3.05, 3.63) is 84.3 Å². The molecule has 3 aromatic rings. The molecule has 0 saturated carbocycles. The number of amides is 1. The smallest absolute Gasteiger partial charge is 0.251 e. The third-order valence-corrected chi connectivity index (χ3v) is 5.79. The first-order chi connectivity index (χ1) is 13.8. The van der Waals surface area contributed by atoms with E-state index in [-0.39, 0.29) is 5.91 Å². The zero-order valence-electron chi connectivity index (χ0n) is 15.5. The van der Waals surface area contributed by atoms with Crippen LogP contribution in [0.5, 0.6) is 5.75 Å². The molecule has 6 heteroatoms. The van der Waals surface area contributed by atoms with Crippen LogP contribution in [0.15, 0.2) is 82.3 Å². The molecule has 4 nitrogen and oxygen atoms in total. The van der Waals surface area contributed by atoms with Gasteiger partial charge < -0.3 is 14.5 Å². The molecule has 1 aromatic heterocycles. The molecule has 0 aliphatic carbocycles. The Balaban J connectivity index is 1.31. The number of hydrogen-bond acceptors (Lipinski definition) is 5. The molecule has 1 amide bonds. The Morgan fingerprint density at radius 1 is 0.964 bits per heavy atom. The van der Waals surface area contributed by atoms with E-state index in [0.717, 1.165) is 28.8 Å². The summed E-state index contributed by atoms with van der Waals surface area (Å²) in [6.07, 6.45) is 1.67. The summed E-state index contributed by atoms with van der Waals surface area (Å²) < 4.78 is 11.0. The summed E-state index contributed by atoms with van der Waals surface area (Å²) in [4.78, 5) is 13.4. The summed E-state index contributed by atoms with van der Waals surface area (Å²) in [5.74, 6) is 4.20. The minimum absolute atomic E-state index is 0.0650. The minimum Gasteiger partial charge on any atom is -0.493 e. The second-order valence-electron chi connectivity index (χ2n) is 5.92. The molecular formula is C22H23NO3S2. The van der Waals surface area contributed by atoms with Gasteiger partial charge in [-0.3, -0.25) is 4.79 Å². The van der Waals surface area contributed by atoms with E-state index in [1.807, 2.05) is 42.5 Å². The van der Waals surface area contributed by atoms with Crippen LogP contribution in [-0.4, -0.2) is 30.6 Å². The number of furan rings is 1. The summed E-state index contributed by atoms with van der Waals surface area (Å²) in [7, 11) is 0. The van der Waals surface area contributed by atoms with Gasteiger partial charge in [0.05, 0.1) is 18.6 Å². The van der Waals surface area contributed by atoms with Gasteiger partial charge in [0, 0.05) is 28.5 Å². The number of nitrogens with one attached hydrogen (secondary N) is 1. The fourth-order valence-electron chi connectivity index (χ4n) is 2.44. The quantitative estimate of drug-likeness (QED) is 0.349. The monoisotopic (exact) mass is 413 g/mol. The van der Waals surface area contributed by atoms with Crippen molar-refractivity contribution in [2.24, 2.45) is 0 Å². The summed E-state index contributed by atoms with van der Waals surface area (Å²) in [6.45, 7) is 1.25. The van der Waals surface area contributed by atoms with Gasteiger partial charge in [-0.25, -0.2) is 0 Å². The van der Waals surface area contributed by atoms with Gasteiger partial charge in [-0.15, -0.1) is 11.8 Å².